The summed E-state index contributed by atoms with van der Waals surface area (Å²) in [6, 6.07) is 6.38. The molecule has 0 aliphatic carbocycles. The van der Waals surface area contributed by atoms with Crippen molar-refractivity contribution in [3.63, 3.8) is 0 Å². The molecule has 1 aromatic carbocycles. The van der Waals surface area contributed by atoms with Gasteiger partial charge in [-0.1, -0.05) is 17.3 Å². The Hall–Kier alpha value is -2.90. The molecule has 0 saturated heterocycles. The number of para-hydroxylation sites is 2. The Morgan fingerprint density at radius 2 is 2.13 bits per heavy atom. The van der Waals surface area contributed by atoms with Crippen LogP contribution in [0.15, 0.2) is 30.5 Å². The molecule has 2 N–H and O–H groups in total. The fraction of sp³-hybridized carbons (Fsp3) is 0.333. The average molecular weight is 318 g/mol. The molecule has 23 heavy (non-hydrogen) atoms. The molecule has 8 nitrogen and oxygen atoms in total. The molecule has 1 amide bonds. The highest BCUT2D eigenvalue weighted by atomic mass is 16.5. The summed E-state index contributed by atoms with van der Waals surface area (Å²) in [6.45, 7) is 3.96. The fourth-order valence-electron chi connectivity index (χ4n) is 2.07. The monoisotopic (exact) mass is 318 g/mol. The minimum absolute atomic E-state index is 0.250. The second-order valence-electron chi connectivity index (χ2n) is 4.83. The smallest absolute Gasteiger partial charge is 0.309 e. The van der Waals surface area contributed by atoms with Crippen molar-refractivity contribution in [3.8, 4) is 5.75 Å². The molecular formula is C15H18N4O4. The number of rotatable bonds is 7. The topological polar surface area (TPSA) is 106 Å². The van der Waals surface area contributed by atoms with Gasteiger partial charge in [-0.05, 0) is 26.0 Å². The second-order valence-corrected chi connectivity index (χ2v) is 4.83. The van der Waals surface area contributed by atoms with Gasteiger partial charge in [0.05, 0.1) is 30.6 Å². The van der Waals surface area contributed by atoms with Gasteiger partial charge >= 0.3 is 5.97 Å². The molecule has 0 bridgehead atoms. The average Bonchev–Trinajstić information content (AvgIpc) is 2.96. The first kappa shape index (κ1) is 16.5. The normalized spacial score (nSPS) is 11.7. The molecule has 2 aromatic rings. The molecule has 8 heteroatoms. The molecule has 0 radical (unpaired) electrons. The summed E-state index contributed by atoms with van der Waals surface area (Å²) in [5.74, 6) is -0.781. The Kier molecular flexibility index (Phi) is 5.29. The molecule has 0 spiro atoms. The van der Waals surface area contributed by atoms with E-state index < -0.39 is 12.0 Å². The minimum Gasteiger partial charge on any atom is -0.492 e. The second kappa shape index (κ2) is 7.39. The van der Waals surface area contributed by atoms with E-state index in [1.807, 2.05) is 13.0 Å². The number of benzene rings is 1. The molecule has 1 atom stereocenters. The van der Waals surface area contributed by atoms with Gasteiger partial charge in [0, 0.05) is 0 Å². The van der Waals surface area contributed by atoms with Crippen LogP contribution in [0.2, 0.25) is 0 Å². The van der Waals surface area contributed by atoms with E-state index in [0.29, 0.717) is 23.7 Å². The third kappa shape index (κ3) is 4.06. The van der Waals surface area contributed by atoms with Crippen molar-refractivity contribution in [3.05, 3.63) is 36.2 Å². The van der Waals surface area contributed by atoms with E-state index in [0.717, 1.165) is 0 Å². The number of aromatic nitrogens is 3. The number of amides is 1. The van der Waals surface area contributed by atoms with Gasteiger partial charge in [0.1, 0.15) is 11.8 Å². The van der Waals surface area contributed by atoms with Gasteiger partial charge in [0.25, 0.3) is 0 Å². The first-order valence-electron chi connectivity index (χ1n) is 7.16. The highest BCUT2D eigenvalue weighted by molar-refractivity contribution is 5.94. The number of nitrogens with one attached hydrogen (secondary N) is 1. The molecule has 1 unspecified atom stereocenters. The Bertz CT molecular complexity index is 698. The van der Waals surface area contributed by atoms with Crippen LogP contribution in [-0.4, -0.2) is 38.6 Å². The van der Waals surface area contributed by atoms with Crippen molar-refractivity contribution in [1.82, 2.24) is 15.0 Å². The van der Waals surface area contributed by atoms with Crippen LogP contribution in [0.4, 0.5) is 5.69 Å². The summed E-state index contributed by atoms with van der Waals surface area (Å²) in [5.41, 5.74) is 0.907. The van der Waals surface area contributed by atoms with Gasteiger partial charge < -0.3 is 15.2 Å². The Morgan fingerprint density at radius 3 is 2.83 bits per heavy atom. The molecule has 1 aromatic heterocycles. The fourth-order valence-corrected chi connectivity index (χ4v) is 2.07. The molecular weight excluding hydrogens is 300 g/mol. The third-order valence-corrected chi connectivity index (χ3v) is 3.17. The number of hydrogen-bond donors (Lipinski definition) is 2. The van der Waals surface area contributed by atoms with E-state index in [-0.39, 0.29) is 12.3 Å². The Balaban J connectivity index is 2.15. The summed E-state index contributed by atoms with van der Waals surface area (Å²) in [4.78, 5) is 23.2. The summed E-state index contributed by atoms with van der Waals surface area (Å²) in [6.07, 6.45) is 1.09. The minimum atomic E-state index is -1.01. The largest absolute Gasteiger partial charge is 0.492 e. The van der Waals surface area contributed by atoms with Crippen LogP contribution < -0.4 is 10.1 Å². The van der Waals surface area contributed by atoms with Crippen molar-refractivity contribution in [2.75, 3.05) is 11.9 Å². The number of carbonyl (C=O) groups is 2. The Morgan fingerprint density at radius 1 is 1.39 bits per heavy atom. The zero-order valence-electron chi connectivity index (χ0n) is 12.9. The van der Waals surface area contributed by atoms with Crippen LogP contribution >= 0.6 is 0 Å². The summed E-state index contributed by atoms with van der Waals surface area (Å²) in [5, 5.41) is 19.1. The quantitative estimate of drug-likeness (QED) is 0.801. The maximum absolute atomic E-state index is 12.4. The van der Waals surface area contributed by atoms with Gasteiger partial charge in [-0.15, -0.1) is 5.10 Å². The zero-order chi connectivity index (χ0) is 16.8. The first-order chi connectivity index (χ1) is 11.0. The van der Waals surface area contributed by atoms with Crippen LogP contribution in [-0.2, 0) is 16.0 Å². The summed E-state index contributed by atoms with van der Waals surface area (Å²) >= 11 is 0. The maximum atomic E-state index is 12.4. The first-order valence-corrected chi connectivity index (χ1v) is 7.16. The van der Waals surface area contributed by atoms with Crippen LogP contribution in [0, 0.1) is 0 Å². The lowest BCUT2D eigenvalue weighted by molar-refractivity contribution is -0.136. The van der Waals surface area contributed by atoms with Crippen LogP contribution in [0.5, 0.6) is 5.75 Å². The standard InChI is InChI=1S/C15H18N4O4/c1-3-23-13-7-5-4-6-12(13)17-15(22)10(2)19-11(8-14(20)21)9-16-18-19/h4-7,9-10H,3,8H2,1-2H3,(H,17,22)(H,20,21). The van der Waals surface area contributed by atoms with Gasteiger partial charge in [-0.3, -0.25) is 9.59 Å². The number of carboxylic acids is 1. The number of nitrogens with zero attached hydrogens (tertiary/aromatic N) is 3. The third-order valence-electron chi connectivity index (χ3n) is 3.17. The van der Waals surface area contributed by atoms with Gasteiger partial charge in [0.2, 0.25) is 5.91 Å². The van der Waals surface area contributed by atoms with Crippen LogP contribution in [0.25, 0.3) is 0 Å². The van der Waals surface area contributed by atoms with E-state index >= 15 is 0 Å². The number of carboxylic acid groups (broad SMARTS) is 1. The highest BCUT2D eigenvalue weighted by Crippen LogP contribution is 2.24. The van der Waals surface area contributed by atoms with E-state index in [2.05, 4.69) is 15.6 Å². The molecule has 2 rings (SSSR count). The lowest BCUT2D eigenvalue weighted by Crippen LogP contribution is -2.26. The lowest BCUT2D eigenvalue weighted by atomic mass is 10.2. The molecule has 1 heterocycles. The van der Waals surface area contributed by atoms with Gasteiger partial charge in [0.15, 0.2) is 0 Å². The lowest BCUT2D eigenvalue weighted by Gasteiger charge is -2.16. The maximum Gasteiger partial charge on any atom is 0.309 e. The van der Waals surface area contributed by atoms with E-state index in [9.17, 15) is 9.59 Å². The molecule has 0 saturated carbocycles. The SMILES string of the molecule is CCOc1ccccc1NC(=O)C(C)n1nncc1CC(=O)O. The number of aliphatic carboxylic acids is 1. The van der Waals surface area contributed by atoms with E-state index in [4.69, 9.17) is 9.84 Å². The van der Waals surface area contributed by atoms with Crippen molar-refractivity contribution in [2.24, 2.45) is 0 Å². The molecule has 0 aliphatic heterocycles. The predicted octanol–water partition coefficient (Wildman–Crippen LogP) is 1.50. The van der Waals surface area contributed by atoms with Crippen molar-refractivity contribution < 1.29 is 19.4 Å². The van der Waals surface area contributed by atoms with Crippen molar-refractivity contribution >= 4 is 17.6 Å². The van der Waals surface area contributed by atoms with Gasteiger partial charge in [-0.2, -0.15) is 0 Å². The zero-order valence-corrected chi connectivity index (χ0v) is 12.9. The highest BCUT2D eigenvalue weighted by Gasteiger charge is 2.21. The van der Waals surface area contributed by atoms with Gasteiger partial charge in [-0.25, -0.2) is 4.68 Å². The number of ether oxygens (including phenoxy) is 1. The molecule has 122 valence electrons. The number of anilines is 1. The van der Waals surface area contributed by atoms with E-state index in [1.165, 1.54) is 10.9 Å². The number of carbonyl (C=O) groups excluding carboxylic acids is 1. The summed E-state index contributed by atoms with van der Waals surface area (Å²) < 4.78 is 6.76. The molecule has 0 fully saturated rings. The summed E-state index contributed by atoms with van der Waals surface area (Å²) in [7, 11) is 0. The van der Waals surface area contributed by atoms with Crippen molar-refractivity contribution in [1.29, 1.82) is 0 Å². The predicted molar refractivity (Wildman–Crippen MR) is 82.3 cm³/mol. The molecule has 0 aliphatic rings. The van der Waals surface area contributed by atoms with Crippen LogP contribution in [0.3, 0.4) is 0 Å². The number of hydrogen-bond acceptors (Lipinski definition) is 5. The van der Waals surface area contributed by atoms with Crippen LogP contribution in [0.1, 0.15) is 25.6 Å². The Labute approximate surface area is 133 Å². The van der Waals surface area contributed by atoms with Crippen molar-refractivity contribution in [2.45, 2.75) is 26.3 Å². The van der Waals surface area contributed by atoms with E-state index in [1.54, 1.807) is 25.1 Å².